The van der Waals surface area contributed by atoms with Crippen molar-refractivity contribution in [1.82, 2.24) is 14.3 Å². The summed E-state index contributed by atoms with van der Waals surface area (Å²) in [6, 6.07) is 56.7. The molecule has 3 aromatic heterocycles. The lowest BCUT2D eigenvalue weighted by atomic mass is 10.00. The second kappa shape index (κ2) is 10.3. The van der Waals surface area contributed by atoms with Crippen molar-refractivity contribution in [2.45, 2.75) is 0 Å². The van der Waals surface area contributed by atoms with Crippen LogP contribution in [0.2, 0.25) is 0 Å². The van der Waals surface area contributed by atoms with Gasteiger partial charge in [-0.2, -0.15) is 5.10 Å². The molecule has 0 bridgehead atoms. The molecular weight excluding hydrogens is 591 g/mol. The van der Waals surface area contributed by atoms with Gasteiger partial charge in [0.05, 0.1) is 28.4 Å². The number of para-hydroxylation sites is 2. The van der Waals surface area contributed by atoms with E-state index >= 15 is 0 Å². The van der Waals surface area contributed by atoms with Crippen LogP contribution in [0, 0.1) is 0 Å². The Morgan fingerprint density at radius 3 is 1.74 bits per heavy atom. The van der Waals surface area contributed by atoms with E-state index in [1.807, 2.05) is 28.3 Å². The summed E-state index contributed by atoms with van der Waals surface area (Å²) in [5, 5.41) is 11.1. The van der Waals surface area contributed by atoms with E-state index in [-0.39, 0.29) is 0 Å². The minimum absolute atomic E-state index is 1.06. The quantitative estimate of drug-likeness (QED) is 0.193. The van der Waals surface area contributed by atoms with Crippen LogP contribution < -0.4 is 0 Å². The lowest BCUT2D eigenvalue weighted by molar-refractivity contribution is 0.911. The number of thiophene rings is 1. The normalized spacial score (nSPS) is 11.8. The highest BCUT2D eigenvalue weighted by molar-refractivity contribution is 7.26. The molecular formula is C43H27N3S. The van der Waals surface area contributed by atoms with Gasteiger partial charge in [0.2, 0.25) is 0 Å². The minimum Gasteiger partial charge on any atom is -0.309 e. The minimum atomic E-state index is 1.06. The monoisotopic (exact) mass is 617 g/mol. The average Bonchev–Trinajstić information content (AvgIpc) is 3.84. The number of benzene rings is 7. The maximum absolute atomic E-state index is 4.85. The molecule has 0 radical (unpaired) electrons. The molecule has 0 N–H and O–H groups in total. The molecule has 3 nitrogen and oxygen atoms in total. The fraction of sp³-hybridized carbons (Fsp3) is 0. The third-order valence-electron chi connectivity index (χ3n) is 9.43. The van der Waals surface area contributed by atoms with Crippen LogP contribution in [0.1, 0.15) is 0 Å². The summed E-state index contributed by atoms with van der Waals surface area (Å²) in [4.78, 5) is 0. The second-order valence-corrected chi connectivity index (χ2v) is 13.0. The van der Waals surface area contributed by atoms with Crippen LogP contribution in [0.5, 0.6) is 0 Å². The molecule has 220 valence electrons. The summed E-state index contributed by atoms with van der Waals surface area (Å²) >= 11 is 1.90. The van der Waals surface area contributed by atoms with Gasteiger partial charge in [0, 0.05) is 42.0 Å². The van der Waals surface area contributed by atoms with Gasteiger partial charge in [0.25, 0.3) is 0 Å². The molecule has 7 aromatic carbocycles. The molecule has 4 heteroatoms. The van der Waals surface area contributed by atoms with E-state index in [0.29, 0.717) is 0 Å². The van der Waals surface area contributed by atoms with E-state index in [1.54, 1.807) is 0 Å². The smallest absolute Gasteiger partial charge is 0.0762 e. The summed E-state index contributed by atoms with van der Waals surface area (Å²) in [5.74, 6) is 0. The van der Waals surface area contributed by atoms with Gasteiger partial charge >= 0.3 is 0 Å². The summed E-state index contributed by atoms with van der Waals surface area (Å²) in [5.41, 5.74) is 10.7. The predicted octanol–water partition coefficient (Wildman–Crippen LogP) is 11.8. The Morgan fingerprint density at radius 1 is 0.404 bits per heavy atom. The van der Waals surface area contributed by atoms with Crippen LogP contribution in [0.3, 0.4) is 0 Å². The zero-order valence-electron chi connectivity index (χ0n) is 25.3. The lowest BCUT2D eigenvalue weighted by Crippen LogP contribution is -1.96. The highest BCUT2D eigenvalue weighted by atomic mass is 32.1. The van der Waals surface area contributed by atoms with E-state index in [2.05, 4.69) is 156 Å². The van der Waals surface area contributed by atoms with Crippen molar-refractivity contribution >= 4 is 64.2 Å². The molecule has 0 fully saturated rings. The number of aromatic nitrogens is 3. The Morgan fingerprint density at radius 2 is 1.02 bits per heavy atom. The van der Waals surface area contributed by atoms with Gasteiger partial charge in [-0.25, -0.2) is 4.68 Å². The van der Waals surface area contributed by atoms with Crippen molar-refractivity contribution in [1.29, 1.82) is 0 Å². The largest absolute Gasteiger partial charge is 0.309 e. The van der Waals surface area contributed by atoms with Crippen molar-refractivity contribution < 1.29 is 0 Å². The van der Waals surface area contributed by atoms with E-state index < -0.39 is 0 Å². The van der Waals surface area contributed by atoms with Gasteiger partial charge in [-0.1, -0.05) is 115 Å². The Kier molecular flexibility index (Phi) is 5.74. The standard InChI is InChI=1S/C43H27N3S/c1-3-11-28(12-4-1)32-16-9-18-36-37-19-10-17-33(43(37)47-42(32)36)29-21-23-30(24-22-29)45-39-20-8-7-15-34(39)35-25-26-40-38(41(35)45)27-44-46(40)31-13-5-2-6-14-31/h1-27H. The van der Waals surface area contributed by atoms with E-state index in [4.69, 9.17) is 5.10 Å². The maximum atomic E-state index is 4.85. The maximum Gasteiger partial charge on any atom is 0.0762 e. The van der Waals surface area contributed by atoms with Gasteiger partial charge in [-0.3, -0.25) is 0 Å². The van der Waals surface area contributed by atoms with E-state index in [9.17, 15) is 0 Å². The molecule has 0 spiro atoms. The first-order valence-corrected chi connectivity index (χ1v) is 16.7. The van der Waals surface area contributed by atoms with Gasteiger partial charge in [0.15, 0.2) is 0 Å². The summed E-state index contributed by atoms with van der Waals surface area (Å²) < 4.78 is 7.10. The van der Waals surface area contributed by atoms with Crippen LogP contribution in [0.4, 0.5) is 0 Å². The Bertz CT molecular complexity index is 2770. The third-order valence-corrected chi connectivity index (χ3v) is 10.7. The molecule has 0 saturated carbocycles. The predicted molar refractivity (Wildman–Crippen MR) is 199 cm³/mol. The Hall–Kier alpha value is -5.97. The van der Waals surface area contributed by atoms with Crippen molar-refractivity contribution in [2.75, 3.05) is 0 Å². The van der Waals surface area contributed by atoms with Crippen LogP contribution in [0.25, 0.3) is 86.5 Å². The molecule has 0 saturated heterocycles. The summed E-state index contributed by atoms with van der Waals surface area (Å²) in [6.07, 6.45) is 2.01. The molecule has 0 unspecified atom stereocenters. The molecule has 10 aromatic rings. The third kappa shape index (κ3) is 3.95. The topological polar surface area (TPSA) is 22.8 Å². The number of fused-ring (bicyclic) bond motifs is 8. The highest BCUT2D eigenvalue weighted by Crippen LogP contribution is 2.44. The zero-order chi connectivity index (χ0) is 30.9. The Balaban J connectivity index is 1.15. The summed E-state index contributed by atoms with van der Waals surface area (Å²) in [6.45, 7) is 0. The van der Waals surface area contributed by atoms with Gasteiger partial charge in [0.1, 0.15) is 0 Å². The molecule has 0 aliphatic heterocycles. The highest BCUT2D eigenvalue weighted by Gasteiger charge is 2.18. The van der Waals surface area contributed by atoms with Gasteiger partial charge in [-0.05, 0) is 64.7 Å². The van der Waals surface area contributed by atoms with Gasteiger partial charge in [-0.15, -0.1) is 11.3 Å². The first kappa shape index (κ1) is 26.3. The molecule has 0 aliphatic carbocycles. The first-order valence-electron chi connectivity index (χ1n) is 15.9. The first-order chi connectivity index (χ1) is 23.3. The average molecular weight is 618 g/mol. The summed E-state index contributed by atoms with van der Waals surface area (Å²) in [7, 11) is 0. The van der Waals surface area contributed by atoms with Gasteiger partial charge < -0.3 is 4.57 Å². The number of hydrogen-bond acceptors (Lipinski definition) is 2. The number of hydrogen-bond donors (Lipinski definition) is 0. The van der Waals surface area contributed by atoms with Crippen molar-refractivity contribution in [3.63, 3.8) is 0 Å². The molecule has 0 amide bonds. The molecule has 3 heterocycles. The van der Waals surface area contributed by atoms with Crippen LogP contribution >= 0.6 is 11.3 Å². The van der Waals surface area contributed by atoms with Crippen molar-refractivity contribution in [2.24, 2.45) is 0 Å². The number of rotatable bonds is 4. The van der Waals surface area contributed by atoms with Crippen molar-refractivity contribution in [3.05, 3.63) is 164 Å². The molecule has 10 rings (SSSR count). The second-order valence-electron chi connectivity index (χ2n) is 12.0. The molecule has 47 heavy (non-hydrogen) atoms. The molecule has 0 aliphatic rings. The lowest BCUT2D eigenvalue weighted by Gasteiger charge is -2.11. The van der Waals surface area contributed by atoms with Crippen molar-refractivity contribution in [3.8, 4) is 33.6 Å². The molecule has 0 atom stereocenters. The van der Waals surface area contributed by atoms with Crippen LogP contribution in [-0.2, 0) is 0 Å². The zero-order valence-corrected chi connectivity index (χ0v) is 26.2. The van der Waals surface area contributed by atoms with Crippen LogP contribution in [-0.4, -0.2) is 14.3 Å². The van der Waals surface area contributed by atoms with E-state index in [0.717, 1.165) is 22.3 Å². The Labute approximate surface area is 275 Å². The fourth-order valence-corrected chi connectivity index (χ4v) is 8.66. The van der Waals surface area contributed by atoms with Crippen LogP contribution in [0.15, 0.2) is 164 Å². The number of nitrogens with zero attached hydrogens (tertiary/aromatic N) is 3. The fourth-order valence-electron chi connectivity index (χ4n) is 7.29. The SMILES string of the molecule is c1ccc(-c2cccc3c2sc2c(-c4ccc(-n5c6ccccc6c6ccc7c(cnn7-c7ccccc7)c65)cc4)cccc23)cc1. The van der Waals surface area contributed by atoms with E-state index in [1.165, 1.54) is 64.2 Å².